The molecule has 1 atom stereocenters. The minimum atomic E-state index is -3.86. The molecule has 1 aromatic carbocycles. The van der Waals surface area contributed by atoms with E-state index in [0.29, 0.717) is 0 Å². The number of sulfone groups is 1. The molecule has 1 heterocycles. The normalized spacial score (nSPS) is 13.5. The fraction of sp³-hybridized carbons (Fsp3) is 0.353. The van der Waals surface area contributed by atoms with Crippen LogP contribution in [0.4, 0.5) is 4.39 Å². The lowest BCUT2D eigenvalue weighted by molar-refractivity contribution is -0.128. The van der Waals surface area contributed by atoms with E-state index >= 15 is 0 Å². The molecule has 0 saturated heterocycles. The lowest BCUT2D eigenvalue weighted by Crippen LogP contribution is -2.38. The molecule has 5 nitrogen and oxygen atoms in total. The SMILES string of the molecule is CC(C)(C)C(=O)NC[C@H](c1ccco1)S(=O)(=O)c1ccc(F)cc1. The molecular formula is C17H20FNO4S. The standard InChI is InChI=1S/C17H20FNO4S/c1-17(2,3)16(20)19-11-15(14-5-4-10-23-14)24(21,22)13-8-6-12(18)7-9-13/h4-10,15H,11H2,1-3H3,(H,19,20)/t15-/m1/s1. The average molecular weight is 353 g/mol. The van der Waals surface area contributed by atoms with Gasteiger partial charge in [-0.3, -0.25) is 4.79 Å². The fourth-order valence-electron chi connectivity index (χ4n) is 2.08. The molecular weight excluding hydrogens is 333 g/mol. The summed E-state index contributed by atoms with van der Waals surface area (Å²) in [6.45, 7) is 5.07. The number of amides is 1. The third kappa shape index (κ3) is 4.03. The number of carbonyl (C=O) groups excluding carboxylic acids is 1. The second-order valence-electron chi connectivity index (χ2n) is 6.46. The zero-order valence-electron chi connectivity index (χ0n) is 13.7. The molecule has 130 valence electrons. The molecule has 24 heavy (non-hydrogen) atoms. The van der Waals surface area contributed by atoms with Crippen LogP contribution in [0, 0.1) is 11.2 Å². The Morgan fingerprint density at radius 3 is 2.33 bits per heavy atom. The zero-order chi connectivity index (χ0) is 18.0. The van der Waals surface area contributed by atoms with E-state index < -0.39 is 26.3 Å². The van der Waals surface area contributed by atoms with Crippen molar-refractivity contribution in [1.82, 2.24) is 5.32 Å². The first-order valence-corrected chi connectivity index (χ1v) is 8.98. The van der Waals surface area contributed by atoms with E-state index in [9.17, 15) is 17.6 Å². The van der Waals surface area contributed by atoms with Crippen molar-refractivity contribution in [3.05, 3.63) is 54.2 Å². The van der Waals surface area contributed by atoms with Crippen molar-refractivity contribution in [2.75, 3.05) is 6.54 Å². The number of benzene rings is 1. The Labute approximate surface area is 140 Å². The van der Waals surface area contributed by atoms with Gasteiger partial charge in [-0.1, -0.05) is 20.8 Å². The summed E-state index contributed by atoms with van der Waals surface area (Å²) in [7, 11) is -3.86. The Morgan fingerprint density at radius 1 is 1.21 bits per heavy atom. The summed E-state index contributed by atoms with van der Waals surface area (Å²) in [6.07, 6.45) is 1.37. The lowest BCUT2D eigenvalue weighted by Gasteiger charge is -2.21. The van der Waals surface area contributed by atoms with Crippen LogP contribution in [0.25, 0.3) is 0 Å². The summed E-state index contributed by atoms with van der Waals surface area (Å²) in [5, 5.41) is 1.55. The van der Waals surface area contributed by atoms with Crippen molar-refractivity contribution in [3.8, 4) is 0 Å². The summed E-state index contributed by atoms with van der Waals surface area (Å²) >= 11 is 0. The zero-order valence-corrected chi connectivity index (χ0v) is 14.6. The highest BCUT2D eigenvalue weighted by Crippen LogP contribution is 2.29. The van der Waals surface area contributed by atoms with Gasteiger partial charge in [0.15, 0.2) is 9.84 Å². The molecule has 0 aliphatic rings. The summed E-state index contributed by atoms with van der Waals surface area (Å²) in [6, 6.07) is 7.68. The summed E-state index contributed by atoms with van der Waals surface area (Å²) in [4.78, 5) is 12.0. The number of halogens is 1. The number of carbonyl (C=O) groups is 1. The highest BCUT2D eigenvalue weighted by Gasteiger charge is 2.33. The van der Waals surface area contributed by atoms with E-state index in [0.717, 1.165) is 12.1 Å². The quantitative estimate of drug-likeness (QED) is 0.838. The van der Waals surface area contributed by atoms with E-state index in [1.807, 2.05) is 0 Å². The predicted octanol–water partition coefficient (Wildman–Crippen LogP) is 3.10. The average Bonchev–Trinajstić information content (AvgIpc) is 3.00. The Hall–Kier alpha value is -2.15. The second kappa shape index (κ2) is 6.76. The van der Waals surface area contributed by atoms with Crippen LogP contribution in [0.2, 0.25) is 0 Å². The third-order valence-electron chi connectivity index (χ3n) is 3.51. The molecule has 0 fully saturated rings. The van der Waals surface area contributed by atoms with Crippen LogP contribution in [-0.2, 0) is 14.6 Å². The molecule has 0 saturated carbocycles. The van der Waals surface area contributed by atoms with E-state index in [2.05, 4.69) is 5.32 Å². The number of nitrogens with one attached hydrogen (secondary N) is 1. The molecule has 0 bridgehead atoms. The summed E-state index contributed by atoms with van der Waals surface area (Å²) in [5.41, 5.74) is -0.645. The van der Waals surface area contributed by atoms with Crippen molar-refractivity contribution < 1.29 is 22.0 Å². The maximum Gasteiger partial charge on any atom is 0.225 e. The van der Waals surface area contributed by atoms with Gasteiger partial charge in [0.2, 0.25) is 5.91 Å². The van der Waals surface area contributed by atoms with Crippen LogP contribution in [0.5, 0.6) is 0 Å². The minimum Gasteiger partial charge on any atom is -0.468 e. The molecule has 0 unspecified atom stereocenters. The van der Waals surface area contributed by atoms with Crippen LogP contribution in [0.15, 0.2) is 52.0 Å². The molecule has 7 heteroatoms. The molecule has 2 aromatic rings. The Bertz CT molecular complexity index is 790. The predicted molar refractivity (Wildman–Crippen MR) is 87.5 cm³/mol. The van der Waals surface area contributed by atoms with E-state index in [4.69, 9.17) is 4.42 Å². The molecule has 0 spiro atoms. The van der Waals surface area contributed by atoms with Crippen molar-refractivity contribution >= 4 is 15.7 Å². The van der Waals surface area contributed by atoms with E-state index in [1.165, 1.54) is 24.5 Å². The maximum absolute atomic E-state index is 13.1. The van der Waals surface area contributed by atoms with Gasteiger partial charge in [-0.25, -0.2) is 12.8 Å². The van der Waals surface area contributed by atoms with Crippen LogP contribution in [0.1, 0.15) is 31.8 Å². The van der Waals surface area contributed by atoms with Crippen molar-refractivity contribution in [1.29, 1.82) is 0 Å². The first-order chi connectivity index (χ1) is 11.1. The van der Waals surface area contributed by atoms with Crippen molar-refractivity contribution in [2.24, 2.45) is 5.41 Å². The molecule has 0 aliphatic heterocycles. The molecule has 1 N–H and O–H groups in total. The maximum atomic E-state index is 13.1. The monoisotopic (exact) mass is 353 g/mol. The van der Waals surface area contributed by atoms with Crippen molar-refractivity contribution in [3.63, 3.8) is 0 Å². The molecule has 1 aromatic heterocycles. The van der Waals surface area contributed by atoms with Crippen LogP contribution in [0.3, 0.4) is 0 Å². The molecule has 0 radical (unpaired) electrons. The van der Waals surface area contributed by atoms with Crippen LogP contribution in [-0.4, -0.2) is 20.9 Å². The minimum absolute atomic E-state index is 0.0321. The topological polar surface area (TPSA) is 76.4 Å². The van der Waals surface area contributed by atoms with Crippen molar-refractivity contribution in [2.45, 2.75) is 30.9 Å². The first-order valence-electron chi connectivity index (χ1n) is 7.43. The van der Waals surface area contributed by atoms with Gasteiger partial charge in [0.1, 0.15) is 16.8 Å². The van der Waals surface area contributed by atoms with Gasteiger partial charge < -0.3 is 9.73 Å². The second-order valence-corrected chi connectivity index (χ2v) is 8.59. The van der Waals surface area contributed by atoms with E-state index in [-0.39, 0.29) is 23.1 Å². The first kappa shape index (κ1) is 18.2. The number of hydrogen-bond acceptors (Lipinski definition) is 4. The Balaban J connectivity index is 2.33. The van der Waals surface area contributed by atoms with Gasteiger partial charge in [0.25, 0.3) is 0 Å². The van der Waals surface area contributed by atoms with Gasteiger partial charge in [0, 0.05) is 12.0 Å². The summed E-state index contributed by atoms with van der Waals surface area (Å²) < 4.78 is 44.0. The molecule has 0 aliphatic carbocycles. The Morgan fingerprint density at radius 2 is 1.83 bits per heavy atom. The number of rotatable bonds is 5. The van der Waals surface area contributed by atoms with Gasteiger partial charge in [-0.15, -0.1) is 0 Å². The third-order valence-corrected chi connectivity index (χ3v) is 5.58. The number of hydrogen-bond donors (Lipinski definition) is 1. The van der Waals surface area contributed by atoms with Gasteiger partial charge in [-0.05, 0) is 36.4 Å². The van der Waals surface area contributed by atoms with Gasteiger partial charge in [-0.2, -0.15) is 0 Å². The van der Waals surface area contributed by atoms with Gasteiger partial charge in [0.05, 0.1) is 11.2 Å². The summed E-state index contributed by atoms with van der Waals surface area (Å²) in [5.74, 6) is -0.577. The highest BCUT2D eigenvalue weighted by atomic mass is 32.2. The highest BCUT2D eigenvalue weighted by molar-refractivity contribution is 7.91. The molecule has 2 rings (SSSR count). The Kier molecular flexibility index (Phi) is 5.13. The van der Waals surface area contributed by atoms with E-state index in [1.54, 1.807) is 26.8 Å². The van der Waals surface area contributed by atoms with Crippen LogP contribution >= 0.6 is 0 Å². The smallest absolute Gasteiger partial charge is 0.225 e. The van der Waals surface area contributed by atoms with Crippen LogP contribution < -0.4 is 5.32 Å². The number of furan rings is 1. The van der Waals surface area contributed by atoms with Gasteiger partial charge >= 0.3 is 0 Å². The lowest BCUT2D eigenvalue weighted by atomic mass is 9.96. The fourth-order valence-corrected chi connectivity index (χ4v) is 3.66. The largest absolute Gasteiger partial charge is 0.468 e. The molecule has 1 amide bonds.